The molecule has 0 saturated carbocycles. The molecular formula is C21H36N10O3. The highest BCUT2D eigenvalue weighted by atomic mass is 16.2. The van der Waals surface area contributed by atoms with Crippen LogP contribution in [0.3, 0.4) is 0 Å². The third-order valence-electron chi connectivity index (χ3n) is 4.82. The smallest absolute Gasteiger partial charge is 0.243 e. The van der Waals surface area contributed by atoms with Gasteiger partial charge in [-0.1, -0.05) is 30.3 Å². The molecule has 0 spiro atoms. The molecule has 0 aliphatic heterocycles. The lowest BCUT2D eigenvalue weighted by molar-refractivity contribution is -0.132. The number of hydrogen-bond donors (Lipinski definition) is 8. The van der Waals surface area contributed by atoms with Gasteiger partial charge in [0.2, 0.25) is 17.7 Å². The van der Waals surface area contributed by atoms with Gasteiger partial charge in [0.1, 0.15) is 12.1 Å². The normalized spacial score (nSPS) is 13.1. The molecule has 13 heteroatoms. The monoisotopic (exact) mass is 476 g/mol. The number of guanidine groups is 2. The minimum atomic E-state index is -0.969. The molecule has 1 aromatic rings. The molecule has 0 aliphatic carbocycles. The molecule has 3 amide bonds. The van der Waals surface area contributed by atoms with Crippen molar-refractivity contribution >= 4 is 29.6 Å². The van der Waals surface area contributed by atoms with Crippen LogP contribution in [-0.4, -0.2) is 60.9 Å². The average molecular weight is 477 g/mol. The number of nitrogens with two attached hydrogens (primary N) is 6. The molecule has 0 fully saturated rings. The van der Waals surface area contributed by atoms with Crippen LogP contribution >= 0.6 is 0 Å². The summed E-state index contributed by atoms with van der Waals surface area (Å²) in [7, 11) is 0. The zero-order valence-electron chi connectivity index (χ0n) is 19.2. The summed E-state index contributed by atoms with van der Waals surface area (Å²) in [6, 6.07) is 6.45. The third kappa shape index (κ3) is 11.7. The first kappa shape index (κ1) is 28.2. The Morgan fingerprint density at radius 1 is 0.765 bits per heavy atom. The van der Waals surface area contributed by atoms with E-state index in [9.17, 15) is 14.4 Å². The van der Waals surface area contributed by atoms with E-state index in [2.05, 4.69) is 20.6 Å². The largest absolute Gasteiger partial charge is 0.370 e. The first-order chi connectivity index (χ1) is 16.1. The van der Waals surface area contributed by atoms with Crippen LogP contribution < -0.4 is 45.0 Å². The van der Waals surface area contributed by atoms with Crippen LogP contribution in [0.25, 0.3) is 0 Å². The first-order valence-corrected chi connectivity index (χ1v) is 10.9. The van der Waals surface area contributed by atoms with Gasteiger partial charge in [-0.15, -0.1) is 0 Å². The standard InChI is InChI=1S/C21H36N10O3/c22-14(12-13-6-2-1-3-7-13)18(33)31-16(9-5-11-29-21(26)27)19(34)30-15(17(23)32)8-4-10-28-20(24)25/h1-3,6-7,14-16H,4-5,8-12,22H2,(H2,23,32)(H,30,34)(H,31,33)(H4,24,25,28)(H4,26,27,29)/t14-,15-,16-/m0/s1. The fourth-order valence-electron chi connectivity index (χ4n) is 3.07. The van der Waals surface area contributed by atoms with Gasteiger partial charge >= 0.3 is 0 Å². The average Bonchev–Trinajstić information content (AvgIpc) is 2.77. The summed E-state index contributed by atoms with van der Waals surface area (Å²) >= 11 is 0. The van der Waals surface area contributed by atoms with Gasteiger partial charge in [0, 0.05) is 13.1 Å². The Kier molecular flexibility index (Phi) is 12.5. The highest BCUT2D eigenvalue weighted by Crippen LogP contribution is 2.06. The van der Waals surface area contributed by atoms with Crippen molar-refractivity contribution in [2.24, 2.45) is 44.4 Å². The van der Waals surface area contributed by atoms with Crippen LogP contribution in [0.5, 0.6) is 0 Å². The maximum absolute atomic E-state index is 12.9. The summed E-state index contributed by atoms with van der Waals surface area (Å²) in [6.07, 6.45) is 1.54. The Morgan fingerprint density at radius 2 is 1.26 bits per heavy atom. The summed E-state index contributed by atoms with van der Waals surface area (Å²) in [5, 5.41) is 5.24. The molecule has 1 aromatic carbocycles. The van der Waals surface area contributed by atoms with Gasteiger partial charge in [-0.3, -0.25) is 24.4 Å². The van der Waals surface area contributed by atoms with Crippen molar-refractivity contribution in [1.29, 1.82) is 0 Å². The molecule has 3 atom stereocenters. The van der Waals surface area contributed by atoms with Gasteiger partial charge < -0.3 is 45.0 Å². The lowest BCUT2D eigenvalue weighted by Gasteiger charge is -2.23. The molecule has 14 N–H and O–H groups in total. The quantitative estimate of drug-likeness (QED) is 0.0738. The molecule has 0 bridgehead atoms. The van der Waals surface area contributed by atoms with Crippen LogP contribution in [0.2, 0.25) is 0 Å². The van der Waals surface area contributed by atoms with E-state index in [1.54, 1.807) is 0 Å². The number of amides is 3. The summed E-state index contributed by atoms with van der Waals surface area (Å²) < 4.78 is 0. The van der Waals surface area contributed by atoms with Gasteiger partial charge in [-0.25, -0.2) is 0 Å². The lowest BCUT2D eigenvalue weighted by atomic mass is 10.0. The van der Waals surface area contributed by atoms with E-state index in [-0.39, 0.29) is 37.9 Å². The minimum absolute atomic E-state index is 0.0740. The second-order valence-electron chi connectivity index (χ2n) is 7.72. The second kappa shape index (κ2) is 15.1. The summed E-state index contributed by atoms with van der Waals surface area (Å²) in [4.78, 5) is 45.1. The number of hydrogen-bond acceptors (Lipinski definition) is 6. The number of benzene rings is 1. The Balaban J connectivity index is 2.81. The van der Waals surface area contributed by atoms with Gasteiger partial charge in [-0.2, -0.15) is 0 Å². The number of carbonyl (C=O) groups is 3. The topological polar surface area (TPSA) is 256 Å². The number of rotatable bonds is 15. The molecule has 0 heterocycles. The Bertz CT molecular complexity index is 852. The number of aliphatic imine (C=N–C) groups is 2. The maximum Gasteiger partial charge on any atom is 0.243 e. The molecule has 13 nitrogen and oxygen atoms in total. The number of nitrogens with zero attached hydrogens (tertiary/aromatic N) is 2. The number of nitrogens with one attached hydrogen (secondary N) is 2. The maximum atomic E-state index is 12.9. The van der Waals surface area contributed by atoms with Crippen molar-refractivity contribution in [3.05, 3.63) is 35.9 Å². The van der Waals surface area contributed by atoms with Crippen molar-refractivity contribution < 1.29 is 14.4 Å². The molecule has 0 unspecified atom stereocenters. The van der Waals surface area contributed by atoms with E-state index >= 15 is 0 Å². The summed E-state index contributed by atoms with van der Waals surface area (Å²) in [5.74, 6) is -1.95. The van der Waals surface area contributed by atoms with Crippen LogP contribution in [-0.2, 0) is 20.8 Å². The van der Waals surface area contributed by atoms with E-state index in [4.69, 9.17) is 34.4 Å². The second-order valence-corrected chi connectivity index (χ2v) is 7.72. The highest BCUT2D eigenvalue weighted by Gasteiger charge is 2.27. The van der Waals surface area contributed by atoms with E-state index in [1.807, 2.05) is 30.3 Å². The molecule has 0 radical (unpaired) electrons. The fraction of sp³-hybridized carbons (Fsp3) is 0.476. The molecule has 34 heavy (non-hydrogen) atoms. The predicted octanol–water partition coefficient (Wildman–Crippen LogP) is -2.88. The van der Waals surface area contributed by atoms with Crippen LogP contribution in [0, 0.1) is 0 Å². The summed E-state index contributed by atoms with van der Waals surface area (Å²) in [6.45, 7) is 0.533. The Labute approximate surface area is 198 Å². The van der Waals surface area contributed by atoms with E-state index in [0.29, 0.717) is 19.3 Å². The fourth-order valence-corrected chi connectivity index (χ4v) is 3.07. The first-order valence-electron chi connectivity index (χ1n) is 10.9. The van der Waals surface area contributed by atoms with Gasteiger partial charge in [-0.05, 0) is 37.7 Å². The molecule has 188 valence electrons. The molecule has 0 aliphatic rings. The van der Waals surface area contributed by atoms with Crippen molar-refractivity contribution in [3.63, 3.8) is 0 Å². The molecule has 0 aromatic heterocycles. The highest BCUT2D eigenvalue weighted by molar-refractivity contribution is 5.92. The van der Waals surface area contributed by atoms with E-state index in [1.165, 1.54) is 0 Å². The van der Waals surface area contributed by atoms with Crippen molar-refractivity contribution in [1.82, 2.24) is 10.6 Å². The number of carbonyl (C=O) groups excluding carboxylic acids is 3. The van der Waals surface area contributed by atoms with Gasteiger partial charge in [0.25, 0.3) is 0 Å². The lowest BCUT2D eigenvalue weighted by Crippen LogP contribution is -2.55. The van der Waals surface area contributed by atoms with Crippen LogP contribution in [0.15, 0.2) is 40.3 Å². The SMILES string of the molecule is NC(=O)[C@H](CCCN=C(N)N)NC(=O)[C@H](CCCN=C(N)N)NC(=O)[C@@H](N)Cc1ccccc1. The van der Waals surface area contributed by atoms with Crippen LogP contribution in [0.4, 0.5) is 0 Å². The zero-order valence-corrected chi connectivity index (χ0v) is 19.2. The van der Waals surface area contributed by atoms with Crippen LogP contribution in [0.1, 0.15) is 31.2 Å². The van der Waals surface area contributed by atoms with Gasteiger partial charge in [0.05, 0.1) is 6.04 Å². The van der Waals surface area contributed by atoms with Crippen molar-refractivity contribution in [3.8, 4) is 0 Å². The predicted molar refractivity (Wildman–Crippen MR) is 131 cm³/mol. The molecular weight excluding hydrogens is 440 g/mol. The Hall–Kier alpha value is -3.87. The minimum Gasteiger partial charge on any atom is -0.370 e. The van der Waals surface area contributed by atoms with Crippen molar-refractivity contribution in [2.75, 3.05) is 13.1 Å². The number of primary amides is 1. The van der Waals surface area contributed by atoms with Crippen molar-refractivity contribution in [2.45, 2.75) is 50.2 Å². The molecule has 0 saturated heterocycles. The van der Waals surface area contributed by atoms with Gasteiger partial charge in [0.15, 0.2) is 11.9 Å². The Morgan fingerprint density at radius 3 is 1.76 bits per heavy atom. The van der Waals surface area contributed by atoms with E-state index in [0.717, 1.165) is 5.56 Å². The summed E-state index contributed by atoms with van der Waals surface area (Å²) in [5.41, 5.74) is 33.6. The van der Waals surface area contributed by atoms with E-state index < -0.39 is 35.8 Å². The molecule has 1 rings (SSSR count). The third-order valence-corrected chi connectivity index (χ3v) is 4.82. The zero-order chi connectivity index (χ0) is 25.5.